The molecule has 1 saturated carbocycles. The van der Waals surface area contributed by atoms with Crippen molar-refractivity contribution in [2.24, 2.45) is 5.92 Å². The van der Waals surface area contributed by atoms with Crippen molar-refractivity contribution in [3.8, 4) is 16.5 Å². The number of thiazole rings is 1. The average molecular weight is 429 g/mol. The molecule has 3 aromatic heterocycles. The van der Waals surface area contributed by atoms with Gasteiger partial charge in [0, 0.05) is 36.6 Å². The highest BCUT2D eigenvalue weighted by Gasteiger charge is 2.29. The van der Waals surface area contributed by atoms with Crippen LogP contribution in [0.2, 0.25) is 0 Å². The molecule has 152 valence electrons. The summed E-state index contributed by atoms with van der Waals surface area (Å²) >= 11 is 3.20. The Balaban J connectivity index is 1.12. The van der Waals surface area contributed by atoms with Crippen molar-refractivity contribution in [1.29, 1.82) is 0 Å². The zero-order valence-electron chi connectivity index (χ0n) is 16.7. The highest BCUT2D eigenvalue weighted by Crippen LogP contribution is 2.40. The number of rotatable bonds is 6. The van der Waals surface area contributed by atoms with Crippen molar-refractivity contribution in [3.63, 3.8) is 0 Å². The molecule has 29 heavy (non-hydrogen) atoms. The number of piperidine rings is 1. The molecule has 1 aliphatic heterocycles. The molecule has 0 atom stereocenters. The van der Waals surface area contributed by atoms with Crippen LogP contribution in [0.3, 0.4) is 0 Å². The van der Waals surface area contributed by atoms with Gasteiger partial charge in [0.25, 0.3) is 0 Å². The molecule has 0 unspecified atom stereocenters. The van der Waals surface area contributed by atoms with Crippen LogP contribution in [-0.4, -0.2) is 44.2 Å². The van der Waals surface area contributed by atoms with Crippen LogP contribution in [0.25, 0.3) is 10.6 Å². The molecule has 4 heterocycles. The Bertz CT molecular complexity index is 973. The third kappa shape index (κ3) is 4.25. The summed E-state index contributed by atoms with van der Waals surface area (Å²) in [5, 5.41) is 10.7. The fraction of sp³-hybridized carbons (Fsp3) is 0.550. The van der Waals surface area contributed by atoms with Gasteiger partial charge in [-0.2, -0.15) is 4.37 Å². The van der Waals surface area contributed by atoms with Gasteiger partial charge in [0.05, 0.1) is 22.2 Å². The van der Waals surface area contributed by atoms with Crippen LogP contribution in [0.4, 0.5) is 5.13 Å². The summed E-state index contributed by atoms with van der Waals surface area (Å²) in [6, 6.07) is 3.88. The quantitative estimate of drug-likeness (QED) is 0.581. The normalized spacial score (nSPS) is 17.7. The maximum absolute atomic E-state index is 5.93. The molecule has 1 aliphatic carbocycles. The van der Waals surface area contributed by atoms with Gasteiger partial charge in [0.1, 0.15) is 11.5 Å². The van der Waals surface area contributed by atoms with Gasteiger partial charge < -0.3 is 9.64 Å². The Morgan fingerprint density at radius 2 is 1.90 bits per heavy atom. The van der Waals surface area contributed by atoms with E-state index in [9.17, 15) is 0 Å². The first-order valence-corrected chi connectivity index (χ1v) is 11.7. The number of ether oxygens (including phenoxy) is 1. The van der Waals surface area contributed by atoms with E-state index in [0.717, 1.165) is 58.2 Å². The number of hydrogen-bond donors (Lipinski definition) is 0. The maximum atomic E-state index is 5.93. The molecule has 0 spiro atoms. The van der Waals surface area contributed by atoms with Crippen LogP contribution in [0.15, 0.2) is 12.1 Å². The third-order valence-corrected chi connectivity index (χ3v) is 7.39. The van der Waals surface area contributed by atoms with E-state index < -0.39 is 0 Å². The Labute approximate surface area is 178 Å². The number of aryl methyl sites for hydroxylation is 2. The molecule has 0 N–H and O–H groups in total. The van der Waals surface area contributed by atoms with Crippen molar-refractivity contribution < 1.29 is 4.74 Å². The number of anilines is 1. The van der Waals surface area contributed by atoms with E-state index in [0.29, 0.717) is 24.3 Å². The van der Waals surface area contributed by atoms with Gasteiger partial charge in [0.2, 0.25) is 11.0 Å². The fourth-order valence-corrected chi connectivity index (χ4v) is 5.33. The van der Waals surface area contributed by atoms with E-state index in [4.69, 9.17) is 9.72 Å². The van der Waals surface area contributed by atoms with Gasteiger partial charge in [-0.3, -0.25) is 0 Å². The molecule has 0 bridgehead atoms. The number of aromatic nitrogens is 5. The first-order chi connectivity index (χ1) is 14.2. The van der Waals surface area contributed by atoms with Gasteiger partial charge in [0.15, 0.2) is 0 Å². The summed E-state index contributed by atoms with van der Waals surface area (Å²) in [6.45, 7) is 6.73. The highest BCUT2D eigenvalue weighted by molar-refractivity contribution is 7.15. The molecule has 2 aliphatic rings. The molecular formula is C20H24N6OS2. The Morgan fingerprint density at radius 3 is 2.55 bits per heavy atom. The monoisotopic (exact) mass is 428 g/mol. The van der Waals surface area contributed by atoms with Crippen molar-refractivity contribution in [2.45, 2.75) is 45.4 Å². The van der Waals surface area contributed by atoms with E-state index >= 15 is 0 Å². The zero-order valence-corrected chi connectivity index (χ0v) is 18.3. The van der Waals surface area contributed by atoms with Crippen molar-refractivity contribution in [2.75, 3.05) is 24.6 Å². The summed E-state index contributed by atoms with van der Waals surface area (Å²) in [5.41, 5.74) is 1.86. The lowest BCUT2D eigenvalue weighted by Crippen LogP contribution is -2.35. The minimum absolute atomic E-state index is 0.537. The van der Waals surface area contributed by atoms with Gasteiger partial charge in [-0.1, -0.05) is 0 Å². The summed E-state index contributed by atoms with van der Waals surface area (Å²) < 4.78 is 10.5. The summed E-state index contributed by atoms with van der Waals surface area (Å²) in [4.78, 5) is 12.6. The van der Waals surface area contributed by atoms with E-state index in [2.05, 4.69) is 24.5 Å². The summed E-state index contributed by atoms with van der Waals surface area (Å²) in [7, 11) is 0. The molecule has 3 aromatic rings. The van der Waals surface area contributed by atoms with Gasteiger partial charge in [-0.25, -0.2) is 9.97 Å². The van der Waals surface area contributed by atoms with Gasteiger partial charge >= 0.3 is 0 Å². The first-order valence-electron chi connectivity index (χ1n) is 10.1. The summed E-state index contributed by atoms with van der Waals surface area (Å²) in [6.07, 6.45) is 4.71. The largest absolute Gasteiger partial charge is 0.476 e. The minimum atomic E-state index is 0.537. The maximum Gasteiger partial charge on any atom is 0.233 e. The standard InChI is InChI=1S/C20H24N6OS2/c1-12-18(28-13(2)21-12)16-5-6-17(24-23-16)27-11-14-7-9-26(10-8-14)20-22-19(25-29-20)15-3-4-15/h5-6,14-15H,3-4,7-11H2,1-2H3. The predicted molar refractivity (Wildman–Crippen MR) is 115 cm³/mol. The number of hydrogen-bond acceptors (Lipinski definition) is 9. The second-order valence-corrected chi connectivity index (χ2v) is 9.79. The van der Waals surface area contributed by atoms with Gasteiger partial charge in [-0.15, -0.1) is 21.5 Å². The Morgan fingerprint density at radius 1 is 1.07 bits per heavy atom. The van der Waals surface area contributed by atoms with E-state index in [1.54, 1.807) is 22.9 Å². The highest BCUT2D eigenvalue weighted by atomic mass is 32.1. The van der Waals surface area contributed by atoms with Crippen LogP contribution in [-0.2, 0) is 0 Å². The lowest BCUT2D eigenvalue weighted by Gasteiger charge is -2.31. The molecule has 1 saturated heterocycles. The fourth-order valence-electron chi connectivity index (χ4n) is 3.64. The van der Waals surface area contributed by atoms with Crippen LogP contribution < -0.4 is 9.64 Å². The second-order valence-electron chi connectivity index (χ2n) is 7.86. The van der Waals surface area contributed by atoms with Crippen LogP contribution in [0, 0.1) is 19.8 Å². The van der Waals surface area contributed by atoms with E-state index in [1.807, 2.05) is 26.0 Å². The molecule has 0 radical (unpaired) electrons. The average Bonchev–Trinajstić information content (AvgIpc) is 3.37. The van der Waals surface area contributed by atoms with Crippen LogP contribution >= 0.6 is 22.9 Å². The van der Waals surface area contributed by atoms with Crippen molar-refractivity contribution >= 4 is 28.0 Å². The van der Waals surface area contributed by atoms with Crippen LogP contribution in [0.1, 0.15) is 48.1 Å². The van der Waals surface area contributed by atoms with Crippen LogP contribution in [0.5, 0.6) is 5.88 Å². The van der Waals surface area contributed by atoms with Crippen molar-refractivity contribution in [3.05, 3.63) is 28.7 Å². The smallest absolute Gasteiger partial charge is 0.233 e. The second kappa shape index (κ2) is 7.95. The van der Waals surface area contributed by atoms with Gasteiger partial charge in [-0.05, 0) is 51.5 Å². The minimum Gasteiger partial charge on any atom is -0.476 e. The molecule has 0 aromatic carbocycles. The molecule has 7 nitrogen and oxygen atoms in total. The Hall–Kier alpha value is -2.13. The molecular weight excluding hydrogens is 404 g/mol. The third-order valence-electron chi connectivity index (χ3n) is 5.50. The number of nitrogens with zero attached hydrogens (tertiary/aromatic N) is 6. The zero-order chi connectivity index (χ0) is 19.8. The van der Waals surface area contributed by atoms with Crippen molar-refractivity contribution in [1.82, 2.24) is 24.5 Å². The predicted octanol–water partition coefficient (Wildman–Crippen LogP) is 4.24. The molecule has 5 rings (SSSR count). The topological polar surface area (TPSA) is 76.9 Å². The van der Waals surface area contributed by atoms with E-state index in [1.165, 1.54) is 12.8 Å². The first kappa shape index (κ1) is 18.9. The SMILES string of the molecule is Cc1nc(C)c(-c2ccc(OCC3CCN(c4nc(C5CC5)ns4)CC3)nn2)s1. The molecule has 9 heteroatoms. The Kier molecular flexibility index (Phi) is 5.17. The molecule has 0 amide bonds. The van der Waals surface area contributed by atoms with E-state index in [-0.39, 0.29) is 0 Å². The lowest BCUT2D eigenvalue weighted by atomic mass is 9.98. The lowest BCUT2D eigenvalue weighted by molar-refractivity contribution is 0.214. The summed E-state index contributed by atoms with van der Waals surface area (Å²) in [5.74, 6) is 2.81. The molecule has 2 fully saturated rings.